The molecule has 0 bridgehead atoms. The molecule has 0 aliphatic heterocycles. The van der Waals surface area contributed by atoms with E-state index in [9.17, 15) is 13.0 Å². The van der Waals surface area contributed by atoms with Crippen LogP contribution in [-0.2, 0) is 27.4 Å². The van der Waals surface area contributed by atoms with Crippen LogP contribution < -0.4 is 0 Å². The van der Waals surface area contributed by atoms with Crippen molar-refractivity contribution in [1.29, 1.82) is 0 Å². The molecule has 0 unspecified atom stereocenters. The van der Waals surface area contributed by atoms with Crippen LogP contribution in [-0.4, -0.2) is 13.0 Å². The van der Waals surface area contributed by atoms with Crippen LogP contribution in [0.2, 0.25) is 0 Å². The van der Waals surface area contributed by atoms with Crippen molar-refractivity contribution in [3.8, 4) is 0 Å². The highest BCUT2D eigenvalue weighted by Crippen LogP contribution is 2.31. The van der Waals surface area contributed by atoms with Gasteiger partial charge in [-0.25, -0.2) is 8.42 Å². The highest BCUT2D eigenvalue weighted by Gasteiger charge is 2.27. The van der Waals surface area contributed by atoms with E-state index in [1.54, 1.807) is 12.1 Å². The fraction of sp³-hybridized carbons (Fsp3) is 0.172. The number of benzene rings is 4. The SMILES string of the molecule is CCCCc1ccc([S+](c2ccccc2)c2ccccc2)cc1.Cc1ccc(S(=O)(=O)[O-])cc1. The van der Waals surface area contributed by atoms with Gasteiger partial charge in [0.15, 0.2) is 14.7 Å². The van der Waals surface area contributed by atoms with Crippen LogP contribution in [0.5, 0.6) is 0 Å². The summed E-state index contributed by atoms with van der Waals surface area (Å²) in [6.07, 6.45) is 3.70. The summed E-state index contributed by atoms with van der Waals surface area (Å²) in [5, 5.41) is 0. The number of aryl methyl sites for hydroxylation is 2. The minimum atomic E-state index is -4.27. The van der Waals surface area contributed by atoms with Gasteiger partial charge in [-0.2, -0.15) is 0 Å². The second kappa shape index (κ2) is 12.6. The molecule has 0 fully saturated rings. The van der Waals surface area contributed by atoms with Gasteiger partial charge in [0.25, 0.3) is 0 Å². The first-order chi connectivity index (χ1) is 16.4. The van der Waals surface area contributed by atoms with Crippen LogP contribution in [0.1, 0.15) is 30.9 Å². The number of rotatable bonds is 7. The second-order valence-corrected chi connectivity index (χ2v) is 11.4. The van der Waals surface area contributed by atoms with E-state index in [1.807, 2.05) is 6.92 Å². The molecule has 0 saturated carbocycles. The van der Waals surface area contributed by atoms with Crippen molar-refractivity contribution in [2.45, 2.75) is 52.7 Å². The Balaban J connectivity index is 0.000000248. The van der Waals surface area contributed by atoms with E-state index in [0.717, 1.165) is 5.56 Å². The molecule has 5 heteroatoms. The lowest BCUT2D eigenvalue weighted by molar-refractivity contribution is 0.463. The van der Waals surface area contributed by atoms with E-state index < -0.39 is 10.1 Å². The predicted molar refractivity (Wildman–Crippen MR) is 139 cm³/mol. The van der Waals surface area contributed by atoms with E-state index in [4.69, 9.17) is 0 Å². The molecule has 0 atom stereocenters. The van der Waals surface area contributed by atoms with Gasteiger partial charge in [-0.15, -0.1) is 0 Å². The zero-order valence-corrected chi connectivity index (χ0v) is 21.2. The lowest BCUT2D eigenvalue weighted by atomic mass is 10.1. The molecule has 4 aromatic carbocycles. The van der Waals surface area contributed by atoms with E-state index in [-0.39, 0.29) is 15.8 Å². The first-order valence-corrected chi connectivity index (χ1v) is 14.0. The van der Waals surface area contributed by atoms with Crippen LogP contribution in [0.4, 0.5) is 0 Å². The quantitative estimate of drug-likeness (QED) is 0.206. The summed E-state index contributed by atoms with van der Waals surface area (Å²) < 4.78 is 31.2. The molecule has 176 valence electrons. The second-order valence-electron chi connectivity index (χ2n) is 7.95. The maximum atomic E-state index is 10.4. The Morgan fingerprint density at radius 1 is 0.676 bits per heavy atom. The van der Waals surface area contributed by atoms with Gasteiger partial charge in [-0.3, -0.25) is 0 Å². The van der Waals surface area contributed by atoms with Crippen LogP contribution in [0, 0.1) is 6.92 Å². The molecule has 4 aromatic rings. The van der Waals surface area contributed by atoms with Gasteiger partial charge >= 0.3 is 0 Å². The van der Waals surface area contributed by atoms with Crippen molar-refractivity contribution < 1.29 is 13.0 Å². The Kier molecular flexibility index (Phi) is 9.52. The third-order valence-electron chi connectivity index (χ3n) is 5.25. The van der Waals surface area contributed by atoms with Crippen LogP contribution in [0.15, 0.2) is 129 Å². The van der Waals surface area contributed by atoms with Crippen LogP contribution in [0.3, 0.4) is 0 Å². The lowest BCUT2D eigenvalue weighted by Crippen LogP contribution is -2.04. The summed E-state index contributed by atoms with van der Waals surface area (Å²) in [5.74, 6) is 0. The molecule has 0 heterocycles. The smallest absolute Gasteiger partial charge is 0.166 e. The molecule has 3 nitrogen and oxygen atoms in total. The average Bonchev–Trinajstić information content (AvgIpc) is 2.85. The Labute approximate surface area is 206 Å². The van der Waals surface area contributed by atoms with Crippen molar-refractivity contribution in [3.63, 3.8) is 0 Å². The highest BCUT2D eigenvalue weighted by atomic mass is 32.2. The Morgan fingerprint density at radius 3 is 1.59 bits per heavy atom. The molecular formula is C29H30O3S2. The van der Waals surface area contributed by atoms with Gasteiger partial charge in [-0.05, 0) is 73.9 Å². The van der Waals surface area contributed by atoms with Gasteiger partial charge in [-0.1, -0.05) is 79.6 Å². The Hall–Kier alpha value is -2.86. The molecule has 0 aromatic heterocycles. The molecule has 4 rings (SSSR count). The predicted octanol–water partition coefficient (Wildman–Crippen LogP) is 7.02. The van der Waals surface area contributed by atoms with Gasteiger partial charge in [0.1, 0.15) is 10.1 Å². The number of unbranched alkanes of at least 4 members (excludes halogenated alkanes) is 1. The zero-order valence-electron chi connectivity index (χ0n) is 19.6. The third kappa shape index (κ3) is 7.59. The number of hydrogen-bond donors (Lipinski definition) is 0. The van der Waals surface area contributed by atoms with Gasteiger partial charge < -0.3 is 4.55 Å². The van der Waals surface area contributed by atoms with Crippen LogP contribution in [0.25, 0.3) is 0 Å². The van der Waals surface area contributed by atoms with E-state index in [2.05, 4.69) is 91.9 Å². The molecule has 0 aliphatic carbocycles. The molecule has 0 amide bonds. The van der Waals surface area contributed by atoms with Crippen molar-refractivity contribution in [1.82, 2.24) is 0 Å². The number of hydrogen-bond acceptors (Lipinski definition) is 3. The summed E-state index contributed by atoms with van der Waals surface area (Å²) in [6, 6.07) is 36.7. The summed E-state index contributed by atoms with van der Waals surface area (Å²) >= 11 is 0. The molecular weight excluding hydrogens is 460 g/mol. The maximum absolute atomic E-state index is 10.4. The first-order valence-electron chi connectivity index (χ1n) is 11.3. The molecule has 34 heavy (non-hydrogen) atoms. The average molecular weight is 491 g/mol. The van der Waals surface area contributed by atoms with E-state index in [1.165, 1.54) is 51.6 Å². The highest BCUT2D eigenvalue weighted by molar-refractivity contribution is 7.97. The van der Waals surface area contributed by atoms with Gasteiger partial charge in [0.05, 0.1) is 15.8 Å². The minimum absolute atomic E-state index is 0.0286. The fourth-order valence-corrected chi connectivity index (χ4v) is 5.95. The van der Waals surface area contributed by atoms with Gasteiger partial charge in [0.2, 0.25) is 0 Å². The summed E-state index contributed by atoms with van der Waals surface area (Å²) in [4.78, 5) is 3.96. The minimum Gasteiger partial charge on any atom is -0.744 e. The molecule has 0 spiro atoms. The summed E-state index contributed by atoms with van der Waals surface area (Å²) in [7, 11) is -4.30. The monoisotopic (exact) mass is 490 g/mol. The maximum Gasteiger partial charge on any atom is 0.166 e. The van der Waals surface area contributed by atoms with Crippen molar-refractivity contribution >= 4 is 21.0 Å². The molecule has 0 aliphatic rings. The molecule has 0 N–H and O–H groups in total. The Bertz CT molecular complexity index is 1200. The van der Waals surface area contributed by atoms with Crippen LogP contribution >= 0.6 is 0 Å². The third-order valence-corrected chi connectivity index (χ3v) is 8.33. The normalized spacial score (nSPS) is 11.1. The standard InChI is InChI=1S/C22H23S.C7H8O3S/c1-2-3-10-19-15-17-22(18-16-19)23(20-11-6-4-7-12-20)21-13-8-5-9-14-21;1-6-2-4-7(5-3-6)11(8,9)10/h4-9,11-18H,2-3,10H2,1H3;2-5H,1H3,(H,8,9,10)/q+1;/p-1. The van der Waals surface area contributed by atoms with Gasteiger partial charge in [0, 0.05) is 0 Å². The van der Waals surface area contributed by atoms with E-state index >= 15 is 0 Å². The largest absolute Gasteiger partial charge is 0.744 e. The molecule has 0 saturated heterocycles. The summed E-state index contributed by atoms with van der Waals surface area (Å²) in [5.41, 5.74) is 2.37. The zero-order chi connectivity index (χ0) is 24.4. The van der Waals surface area contributed by atoms with E-state index in [0.29, 0.717) is 0 Å². The van der Waals surface area contributed by atoms with Crippen molar-refractivity contribution in [2.24, 2.45) is 0 Å². The van der Waals surface area contributed by atoms with Crippen molar-refractivity contribution in [3.05, 3.63) is 120 Å². The topological polar surface area (TPSA) is 57.2 Å². The Morgan fingerprint density at radius 2 is 1.15 bits per heavy atom. The lowest BCUT2D eigenvalue weighted by Gasteiger charge is -2.08. The first kappa shape index (κ1) is 25.8. The fourth-order valence-electron chi connectivity index (χ4n) is 3.40. The molecule has 0 radical (unpaired) electrons. The van der Waals surface area contributed by atoms with Crippen molar-refractivity contribution in [2.75, 3.05) is 0 Å². The summed E-state index contributed by atoms with van der Waals surface area (Å²) in [6.45, 7) is 4.07.